The van der Waals surface area contributed by atoms with Gasteiger partial charge in [-0.05, 0) is 36.4 Å². The van der Waals surface area contributed by atoms with Gasteiger partial charge in [-0.3, -0.25) is 4.79 Å². The number of hydrogen-bond donors (Lipinski definition) is 1. The van der Waals surface area contributed by atoms with Gasteiger partial charge in [-0.25, -0.2) is 26.6 Å². The van der Waals surface area contributed by atoms with Crippen LogP contribution in [0, 0.1) is 11.6 Å². The van der Waals surface area contributed by atoms with Crippen molar-refractivity contribution in [3.8, 4) is 5.69 Å². The molecule has 0 atom stereocenters. The van der Waals surface area contributed by atoms with E-state index >= 15 is 0 Å². The van der Waals surface area contributed by atoms with Gasteiger partial charge >= 0.3 is 6.18 Å². The zero-order valence-corrected chi connectivity index (χ0v) is 16.9. The fourth-order valence-electron chi connectivity index (χ4n) is 2.38. The number of nitrogens with one attached hydrogen (secondary N) is 1. The third-order valence-electron chi connectivity index (χ3n) is 3.72. The van der Waals surface area contributed by atoms with Gasteiger partial charge in [0, 0.05) is 5.02 Å². The highest BCUT2D eigenvalue weighted by atomic mass is 35.5. The van der Waals surface area contributed by atoms with Crippen molar-refractivity contribution in [1.82, 2.24) is 19.7 Å². The third-order valence-corrected chi connectivity index (χ3v) is 5.57. The minimum Gasteiger partial charge on any atom is -0.266 e. The van der Waals surface area contributed by atoms with Crippen LogP contribution in [0.15, 0.2) is 41.3 Å². The standard InChI is InChI=1S/C16H7Cl2F5N4O3S/c17-7-1-4-12(11(20)5-7)27-14(16(21,22)23)13(24-26-27)15(28)25-31(29,30)8-2-3-10(19)9(18)6-8/h1-6H,(H,25,28). The van der Waals surface area contributed by atoms with Gasteiger partial charge in [-0.2, -0.15) is 13.2 Å². The lowest BCUT2D eigenvalue weighted by molar-refractivity contribution is -0.143. The summed E-state index contributed by atoms with van der Waals surface area (Å²) < 4.78 is 94.1. The predicted octanol–water partition coefficient (Wildman–Crippen LogP) is 3.99. The first-order chi connectivity index (χ1) is 14.3. The van der Waals surface area contributed by atoms with E-state index in [1.807, 2.05) is 0 Å². The van der Waals surface area contributed by atoms with Gasteiger partial charge in [-0.1, -0.05) is 28.4 Å². The van der Waals surface area contributed by atoms with Crippen molar-refractivity contribution in [2.45, 2.75) is 11.1 Å². The first-order valence-corrected chi connectivity index (χ1v) is 10.1. The second-order valence-electron chi connectivity index (χ2n) is 5.80. The van der Waals surface area contributed by atoms with Crippen LogP contribution in [0.5, 0.6) is 0 Å². The van der Waals surface area contributed by atoms with Crippen LogP contribution in [0.3, 0.4) is 0 Å². The van der Waals surface area contributed by atoms with E-state index in [0.717, 1.165) is 18.2 Å². The number of sulfonamides is 1. The van der Waals surface area contributed by atoms with Crippen molar-refractivity contribution in [1.29, 1.82) is 0 Å². The van der Waals surface area contributed by atoms with Crippen LogP contribution in [0.1, 0.15) is 16.2 Å². The van der Waals surface area contributed by atoms with Crippen molar-refractivity contribution >= 4 is 39.1 Å². The molecule has 0 saturated carbocycles. The van der Waals surface area contributed by atoms with Gasteiger partial charge in [0.2, 0.25) is 0 Å². The molecule has 0 radical (unpaired) electrons. The molecule has 0 aliphatic heterocycles. The average Bonchev–Trinajstić information content (AvgIpc) is 3.09. The maximum Gasteiger partial charge on any atom is 0.435 e. The minimum atomic E-state index is -5.29. The summed E-state index contributed by atoms with van der Waals surface area (Å²) in [7, 11) is -4.76. The van der Waals surface area contributed by atoms with Crippen molar-refractivity contribution in [2.24, 2.45) is 0 Å². The van der Waals surface area contributed by atoms with E-state index in [-0.39, 0.29) is 9.70 Å². The maximum atomic E-state index is 14.1. The number of hydrogen-bond acceptors (Lipinski definition) is 5. The number of nitrogens with zero attached hydrogens (tertiary/aromatic N) is 3. The number of carbonyl (C=O) groups is 1. The third kappa shape index (κ3) is 4.62. The molecule has 0 fully saturated rings. The Bertz CT molecular complexity index is 1290. The summed E-state index contributed by atoms with van der Waals surface area (Å²) >= 11 is 11.1. The Hall–Kier alpha value is -2.77. The molecule has 1 N–H and O–H groups in total. The highest BCUT2D eigenvalue weighted by molar-refractivity contribution is 7.90. The van der Waals surface area contributed by atoms with E-state index in [9.17, 15) is 35.2 Å². The number of carbonyl (C=O) groups excluding carboxylic acids is 1. The highest BCUT2D eigenvalue weighted by Gasteiger charge is 2.43. The minimum absolute atomic E-state index is 0.0119. The van der Waals surface area contributed by atoms with Crippen LogP contribution in [0.4, 0.5) is 22.0 Å². The van der Waals surface area contributed by atoms with E-state index in [1.54, 1.807) is 0 Å². The quantitative estimate of drug-likeness (QED) is 0.546. The number of rotatable bonds is 4. The lowest BCUT2D eigenvalue weighted by atomic mass is 10.2. The number of alkyl halides is 3. The molecule has 0 aliphatic rings. The second kappa shape index (κ2) is 8.05. The van der Waals surface area contributed by atoms with Crippen LogP contribution in [-0.2, 0) is 16.2 Å². The Labute approximate surface area is 180 Å². The zero-order valence-electron chi connectivity index (χ0n) is 14.6. The molecule has 1 aromatic heterocycles. The largest absolute Gasteiger partial charge is 0.435 e. The van der Waals surface area contributed by atoms with Crippen molar-refractivity contribution in [3.05, 3.63) is 69.5 Å². The molecular weight excluding hydrogens is 494 g/mol. The van der Waals surface area contributed by atoms with Crippen LogP contribution in [0.25, 0.3) is 5.69 Å². The monoisotopic (exact) mass is 500 g/mol. The van der Waals surface area contributed by atoms with Crippen LogP contribution in [-0.4, -0.2) is 29.3 Å². The molecule has 2 aromatic carbocycles. The fraction of sp³-hybridized carbons (Fsp3) is 0.0625. The molecule has 0 spiro atoms. The summed E-state index contributed by atoms with van der Waals surface area (Å²) in [5.74, 6) is -3.98. The first kappa shape index (κ1) is 22.9. The summed E-state index contributed by atoms with van der Waals surface area (Å²) in [4.78, 5) is 11.6. The molecule has 3 aromatic rings. The van der Waals surface area contributed by atoms with Crippen LogP contribution < -0.4 is 4.72 Å². The molecular formula is C16H7Cl2F5N4O3S. The number of benzene rings is 2. The maximum absolute atomic E-state index is 14.1. The van der Waals surface area contributed by atoms with Crippen molar-refractivity contribution < 1.29 is 35.2 Å². The lowest BCUT2D eigenvalue weighted by Crippen LogP contribution is -2.32. The first-order valence-electron chi connectivity index (χ1n) is 7.82. The number of halogens is 7. The van der Waals surface area contributed by atoms with Crippen LogP contribution in [0.2, 0.25) is 10.0 Å². The van der Waals surface area contributed by atoms with Gasteiger partial charge < -0.3 is 0 Å². The molecule has 0 bridgehead atoms. The molecule has 0 saturated heterocycles. The second-order valence-corrected chi connectivity index (χ2v) is 8.33. The average molecular weight is 501 g/mol. The van der Waals surface area contributed by atoms with Gasteiger partial charge in [0.05, 0.1) is 9.92 Å². The van der Waals surface area contributed by atoms with E-state index < -0.39 is 60.7 Å². The Morgan fingerprint density at radius 1 is 1.03 bits per heavy atom. The smallest absolute Gasteiger partial charge is 0.266 e. The number of aromatic nitrogens is 3. The Morgan fingerprint density at radius 3 is 2.29 bits per heavy atom. The molecule has 1 amide bonds. The highest BCUT2D eigenvalue weighted by Crippen LogP contribution is 2.33. The van der Waals surface area contributed by atoms with Crippen LogP contribution >= 0.6 is 23.2 Å². The molecule has 3 rings (SSSR count). The van der Waals surface area contributed by atoms with E-state index in [2.05, 4.69) is 10.3 Å². The molecule has 15 heteroatoms. The van der Waals surface area contributed by atoms with E-state index in [1.165, 1.54) is 4.72 Å². The molecule has 31 heavy (non-hydrogen) atoms. The fourth-order valence-corrected chi connectivity index (χ4v) is 3.77. The number of amides is 1. The lowest BCUT2D eigenvalue weighted by Gasteiger charge is -2.12. The van der Waals surface area contributed by atoms with E-state index in [4.69, 9.17) is 23.2 Å². The summed E-state index contributed by atoms with van der Waals surface area (Å²) in [5.41, 5.74) is -4.02. The summed E-state index contributed by atoms with van der Waals surface area (Å²) in [6, 6.07) is 4.71. The molecule has 7 nitrogen and oxygen atoms in total. The SMILES string of the molecule is O=C(NS(=O)(=O)c1ccc(F)c(Cl)c1)c1nnn(-c2ccc(Cl)cc2F)c1C(F)(F)F. The topological polar surface area (TPSA) is 93.9 Å². The molecule has 1 heterocycles. The zero-order chi connectivity index (χ0) is 23.1. The van der Waals surface area contributed by atoms with Crippen molar-refractivity contribution in [2.75, 3.05) is 0 Å². The normalized spacial score (nSPS) is 12.1. The van der Waals surface area contributed by atoms with Crippen molar-refractivity contribution in [3.63, 3.8) is 0 Å². The van der Waals surface area contributed by atoms with E-state index in [0.29, 0.717) is 18.2 Å². The Kier molecular flexibility index (Phi) is 5.95. The van der Waals surface area contributed by atoms with Gasteiger partial charge in [0.25, 0.3) is 15.9 Å². The molecule has 164 valence electrons. The van der Waals surface area contributed by atoms with Gasteiger partial charge in [-0.15, -0.1) is 5.10 Å². The Balaban J connectivity index is 2.05. The van der Waals surface area contributed by atoms with Gasteiger partial charge in [0.1, 0.15) is 17.3 Å². The summed E-state index contributed by atoms with van der Waals surface area (Å²) in [6.45, 7) is 0. The summed E-state index contributed by atoms with van der Waals surface area (Å²) in [5, 5.41) is 5.48. The Morgan fingerprint density at radius 2 is 1.71 bits per heavy atom. The summed E-state index contributed by atoms with van der Waals surface area (Å²) in [6.07, 6.45) is -5.29. The molecule has 0 aliphatic carbocycles. The predicted molar refractivity (Wildman–Crippen MR) is 97.4 cm³/mol. The molecule has 0 unspecified atom stereocenters. The van der Waals surface area contributed by atoms with Gasteiger partial charge in [0.15, 0.2) is 11.4 Å².